The summed E-state index contributed by atoms with van der Waals surface area (Å²) in [6, 6.07) is 7.95. The Balaban J connectivity index is 1.73. The average molecular weight is 529 g/mol. The summed E-state index contributed by atoms with van der Waals surface area (Å²) in [4.78, 5) is 35.0. The summed E-state index contributed by atoms with van der Waals surface area (Å²) in [6.07, 6.45) is 7.62. The van der Waals surface area contributed by atoms with Crippen LogP contribution < -0.4 is 5.32 Å². The number of hydrogen-bond acceptors (Lipinski definition) is 6. The van der Waals surface area contributed by atoms with Crippen molar-refractivity contribution in [3.8, 4) is 0 Å². The molecular weight excluding hydrogens is 484 g/mol. The maximum Gasteiger partial charge on any atom is 0.410 e. The molecule has 1 saturated carbocycles. The Morgan fingerprint density at radius 1 is 1.13 bits per heavy atom. The second kappa shape index (κ2) is 14.9. The number of nitrogens with zero attached hydrogens (tertiary/aromatic N) is 2. The number of aliphatic hydroxyl groups is 2. The van der Waals surface area contributed by atoms with Gasteiger partial charge >= 0.3 is 6.09 Å². The fourth-order valence-corrected chi connectivity index (χ4v) is 5.02. The van der Waals surface area contributed by atoms with E-state index in [2.05, 4.69) is 15.3 Å². The summed E-state index contributed by atoms with van der Waals surface area (Å²) in [5.41, 5.74) is 1.55. The lowest BCUT2D eigenvalue weighted by Crippen LogP contribution is -2.54. The first kappa shape index (κ1) is 29.6. The summed E-state index contributed by atoms with van der Waals surface area (Å²) in [5, 5.41) is 24.6. The summed E-state index contributed by atoms with van der Waals surface area (Å²) < 4.78 is 5.49. The van der Waals surface area contributed by atoms with E-state index in [0.29, 0.717) is 18.0 Å². The molecule has 0 bridgehead atoms. The molecule has 9 nitrogen and oxygen atoms in total. The van der Waals surface area contributed by atoms with Crippen LogP contribution in [0.15, 0.2) is 42.9 Å². The smallest absolute Gasteiger partial charge is 0.410 e. The number of rotatable bonds is 13. The molecule has 1 aliphatic carbocycles. The Bertz CT molecular complexity index is 963. The largest absolute Gasteiger partial charge is 0.445 e. The van der Waals surface area contributed by atoms with Crippen LogP contribution in [0.2, 0.25) is 0 Å². The number of aromatic amines is 1. The molecule has 1 aliphatic rings. The van der Waals surface area contributed by atoms with E-state index in [1.807, 2.05) is 44.2 Å². The number of nitrogens with one attached hydrogen (secondary N) is 2. The maximum absolute atomic E-state index is 13.7. The number of hydrogen-bond donors (Lipinski definition) is 4. The standard InChI is InChI=1S/C29H44N4O5/c1-20(2)26(34)16-27(35)24(14-21-10-6-4-7-11-21)32-28(36)25(15-23-17-30-19-31-23)33(3)29(37)38-18-22-12-8-5-9-13-22/h5,8-9,12-13,17,19-21,24-27,34-35H,4,6-7,10-11,14-16,18H2,1-3H3,(H,30,31)(H,32,36)/t24-,25-,26?,27?/m0/s1. The van der Waals surface area contributed by atoms with Gasteiger partial charge in [0.1, 0.15) is 12.6 Å². The van der Waals surface area contributed by atoms with E-state index < -0.39 is 30.4 Å². The molecule has 3 rings (SSSR count). The van der Waals surface area contributed by atoms with Crippen molar-refractivity contribution in [1.82, 2.24) is 20.2 Å². The SMILES string of the molecule is CC(C)C(O)CC(O)[C@H](CC1CCCCC1)NC(=O)[C@H](Cc1cnc[nH]1)N(C)C(=O)OCc1ccccc1. The molecular formula is C29H44N4O5. The van der Waals surface area contributed by atoms with Crippen LogP contribution in [-0.2, 0) is 22.6 Å². The molecule has 0 spiro atoms. The van der Waals surface area contributed by atoms with Gasteiger partial charge in [0.25, 0.3) is 0 Å². The van der Waals surface area contributed by atoms with Crippen LogP contribution >= 0.6 is 0 Å². The minimum Gasteiger partial charge on any atom is -0.445 e. The van der Waals surface area contributed by atoms with Gasteiger partial charge in [-0.3, -0.25) is 9.69 Å². The fourth-order valence-electron chi connectivity index (χ4n) is 5.02. The highest BCUT2D eigenvalue weighted by Gasteiger charge is 2.34. The molecule has 2 unspecified atom stereocenters. The first-order valence-electron chi connectivity index (χ1n) is 13.8. The summed E-state index contributed by atoms with van der Waals surface area (Å²) in [5.74, 6) is 0.0199. The van der Waals surface area contributed by atoms with Crippen molar-refractivity contribution in [3.05, 3.63) is 54.1 Å². The number of benzene rings is 1. The highest BCUT2D eigenvalue weighted by atomic mass is 16.6. The molecule has 0 aliphatic heterocycles. The monoisotopic (exact) mass is 528 g/mol. The Morgan fingerprint density at radius 3 is 2.47 bits per heavy atom. The third-order valence-electron chi connectivity index (χ3n) is 7.59. The van der Waals surface area contributed by atoms with Gasteiger partial charge in [0, 0.05) is 31.8 Å². The number of H-pyrrole nitrogens is 1. The Hall–Kier alpha value is -2.91. The lowest BCUT2D eigenvalue weighted by molar-refractivity contribution is -0.127. The van der Waals surface area contributed by atoms with Crippen molar-refractivity contribution in [2.24, 2.45) is 11.8 Å². The van der Waals surface area contributed by atoms with E-state index in [4.69, 9.17) is 4.74 Å². The summed E-state index contributed by atoms with van der Waals surface area (Å²) in [7, 11) is 1.54. The predicted molar refractivity (Wildman–Crippen MR) is 145 cm³/mol. The molecule has 210 valence electrons. The average Bonchev–Trinajstić information content (AvgIpc) is 3.44. The molecule has 4 N–H and O–H groups in total. The van der Waals surface area contributed by atoms with Crippen LogP contribution in [0.1, 0.15) is 70.1 Å². The van der Waals surface area contributed by atoms with Gasteiger partial charge in [0.15, 0.2) is 0 Å². The van der Waals surface area contributed by atoms with Crippen LogP contribution in [0.3, 0.4) is 0 Å². The zero-order chi connectivity index (χ0) is 27.5. The van der Waals surface area contributed by atoms with E-state index >= 15 is 0 Å². The highest BCUT2D eigenvalue weighted by Crippen LogP contribution is 2.29. The number of ether oxygens (including phenoxy) is 1. The number of imidazole rings is 1. The van der Waals surface area contributed by atoms with Gasteiger partial charge in [0.05, 0.1) is 24.6 Å². The molecule has 9 heteroatoms. The zero-order valence-corrected chi connectivity index (χ0v) is 22.9. The minimum absolute atomic E-state index is 0.00525. The van der Waals surface area contributed by atoms with Crippen molar-refractivity contribution < 1.29 is 24.5 Å². The molecule has 0 saturated heterocycles. The van der Waals surface area contributed by atoms with Gasteiger partial charge in [-0.25, -0.2) is 9.78 Å². The van der Waals surface area contributed by atoms with Crippen LogP contribution in [0.4, 0.5) is 4.79 Å². The number of aromatic nitrogens is 2. The second-order valence-corrected chi connectivity index (χ2v) is 10.9. The lowest BCUT2D eigenvalue weighted by Gasteiger charge is -2.34. The van der Waals surface area contributed by atoms with E-state index in [1.54, 1.807) is 13.2 Å². The number of aliphatic hydroxyl groups excluding tert-OH is 2. The van der Waals surface area contributed by atoms with Gasteiger partial charge in [-0.15, -0.1) is 0 Å². The van der Waals surface area contributed by atoms with Gasteiger partial charge in [0.2, 0.25) is 5.91 Å². The molecule has 2 aromatic rings. The van der Waals surface area contributed by atoms with Crippen LogP contribution in [0.25, 0.3) is 0 Å². The third-order valence-corrected chi connectivity index (χ3v) is 7.59. The maximum atomic E-state index is 13.7. The molecule has 1 aromatic heterocycles. The summed E-state index contributed by atoms with van der Waals surface area (Å²) in [6.45, 7) is 3.91. The van der Waals surface area contributed by atoms with Gasteiger partial charge < -0.3 is 25.3 Å². The summed E-state index contributed by atoms with van der Waals surface area (Å²) >= 11 is 0. The molecule has 2 amide bonds. The van der Waals surface area contributed by atoms with Crippen molar-refractivity contribution >= 4 is 12.0 Å². The molecule has 1 aromatic carbocycles. The fraction of sp³-hybridized carbons (Fsp3) is 0.621. The molecule has 38 heavy (non-hydrogen) atoms. The lowest BCUT2D eigenvalue weighted by atomic mass is 9.82. The van der Waals surface area contributed by atoms with E-state index in [0.717, 1.165) is 31.2 Å². The Kier molecular flexibility index (Phi) is 11.6. The molecule has 4 atom stereocenters. The predicted octanol–water partition coefficient (Wildman–Crippen LogP) is 3.81. The number of carbonyl (C=O) groups is 2. The third kappa shape index (κ3) is 9.13. The topological polar surface area (TPSA) is 128 Å². The normalized spacial score (nSPS) is 17.4. The van der Waals surface area contributed by atoms with E-state index in [9.17, 15) is 19.8 Å². The van der Waals surface area contributed by atoms with E-state index in [1.165, 1.54) is 17.6 Å². The number of likely N-dealkylation sites (N-methyl/N-ethyl adjacent to an activating group) is 1. The van der Waals surface area contributed by atoms with Gasteiger partial charge in [-0.2, -0.15) is 0 Å². The Labute approximate surface area is 226 Å². The first-order valence-corrected chi connectivity index (χ1v) is 13.8. The molecule has 0 radical (unpaired) electrons. The van der Waals surface area contributed by atoms with Crippen LogP contribution in [-0.4, -0.2) is 68.4 Å². The highest BCUT2D eigenvalue weighted by molar-refractivity contribution is 5.86. The van der Waals surface area contributed by atoms with Crippen LogP contribution in [0.5, 0.6) is 0 Å². The number of carbonyl (C=O) groups excluding carboxylic acids is 2. The van der Waals surface area contributed by atoms with Crippen molar-refractivity contribution in [3.63, 3.8) is 0 Å². The van der Waals surface area contributed by atoms with Crippen molar-refractivity contribution in [2.45, 2.75) is 96.1 Å². The zero-order valence-electron chi connectivity index (χ0n) is 22.9. The molecule has 1 heterocycles. The minimum atomic E-state index is -0.901. The second-order valence-electron chi connectivity index (χ2n) is 10.9. The van der Waals surface area contributed by atoms with Gasteiger partial charge in [-0.1, -0.05) is 76.3 Å². The number of amides is 2. The van der Waals surface area contributed by atoms with E-state index in [-0.39, 0.29) is 31.3 Å². The quantitative estimate of drug-likeness (QED) is 0.313. The Morgan fingerprint density at radius 2 is 1.84 bits per heavy atom. The van der Waals surface area contributed by atoms with Crippen molar-refractivity contribution in [2.75, 3.05) is 7.05 Å². The first-order chi connectivity index (χ1) is 18.2. The van der Waals surface area contributed by atoms with Crippen LogP contribution in [0, 0.1) is 11.8 Å². The molecule has 1 fully saturated rings. The van der Waals surface area contributed by atoms with Crippen molar-refractivity contribution in [1.29, 1.82) is 0 Å². The van der Waals surface area contributed by atoms with Gasteiger partial charge in [-0.05, 0) is 23.8 Å².